The highest BCUT2D eigenvalue weighted by molar-refractivity contribution is 5.85. The molecule has 2 aliphatic rings. The van der Waals surface area contributed by atoms with Gasteiger partial charge >= 0.3 is 0 Å². The van der Waals surface area contributed by atoms with Gasteiger partial charge in [-0.3, -0.25) is 19.4 Å². The van der Waals surface area contributed by atoms with Gasteiger partial charge in [-0.2, -0.15) is 0 Å². The fraction of sp³-hybridized carbons (Fsp3) is 0.600. The van der Waals surface area contributed by atoms with E-state index >= 15 is 0 Å². The molecule has 2 fully saturated rings. The van der Waals surface area contributed by atoms with Gasteiger partial charge in [0.2, 0.25) is 11.8 Å². The summed E-state index contributed by atoms with van der Waals surface area (Å²) in [6.45, 7) is 7.83. The quantitative estimate of drug-likeness (QED) is 0.719. The normalized spacial score (nSPS) is 24.4. The van der Waals surface area contributed by atoms with E-state index in [0.29, 0.717) is 13.0 Å². The Bertz CT molecular complexity index is 966. The van der Waals surface area contributed by atoms with E-state index < -0.39 is 0 Å². The van der Waals surface area contributed by atoms with E-state index in [9.17, 15) is 9.59 Å². The van der Waals surface area contributed by atoms with Crippen LogP contribution in [0.15, 0.2) is 30.5 Å². The van der Waals surface area contributed by atoms with Crippen molar-refractivity contribution in [3.63, 3.8) is 0 Å². The summed E-state index contributed by atoms with van der Waals surface area (Å²) in [5.74, 6) is 0.330. The minimum atomic E-state index is -0.151. The first-order chi connectivity index (χ1) is 15.4. The molecule has 7 nitrogen and oxygen atoms in total. The van der Waals surface area contributed by atoms with Gasteiger partial charge in [0, 0.05) is 75.4 Å². The number of rotatable bonds is 7. The molecule has 0 unspecified atom stereocenters. The van der Waals surface area contributed by atoms with Crippen LogP contribution >= 0.6 is 0 Å². The highest BCUT2D eigenvalue weighted by Gasteiger charge is 2.45. The standard InChI is InChI=1S/C25H37N5O2/c1-5-29(6-2)23(31)12-11-19-15-26-25(32)24-22(28(19)4)13-14-30(24)17-18-16-27(3)21-10-8-7-9-20(18)21/h7-10,16,19,22,24H,5-6,11-15,17H2,1-4H3,(H,26,32)/t19-,22+,24-/m0/s1. The average Bonchev–Trinajstić information content (AvgIpc) is 3.32. The summed E-state index contributed by atoms with van der Waals surface area (Å²) >= 11 is 0. The van der Waals surface area contributed by atoms with Crippen molar-refractivity contribution in [1.29, 1.82) is 0 Å². The van der Waals surface area contributed by atoms with Crippen LogP contribution in [0.4, 0.5) is 0 Å². The molecule has 0 spiro atoms. The third kappa shape index (κ3) is 4.28. The number of benzene rings is 1. The zero-order chi connectivity index (χ0) is 22.8. The maximum Gasteiger partial charge on any atom is 0.239 e. The number of hydrogen-bond acceptors (Lipinski definition) is 4. The maximum absolute atomic E-state index is 13.1. The number of likely N-dealkylation sites (N-methyl/N-ethyl adjacent to an activating group) is 1. The Morgan fingerprint density at radius 3 is 2.69 bits per heavy atom. The molecule has 32 heavy (non-hydrogen) atoms. The predicted octanol–water partition coefficient (Wildman–Crippen LogP) is 2.20. The zero-order valence-corrected chi connectivity index (χ0v) is 19.9. The number of nitrogens with zero attached hydrogens (tertiary/aromatic N) is 4. The van der Waals surface area contributed by atoms with Crippen molar-refractivity contribution in [3.8, 4) is 0 Å². The van der Waals surface area contributed by atoms with Gasteiger partial charge in [0.05, 0.1) is 0 Å². The van der Waals surface area contributed by atoms with Crippen molar-refractivity contribution >= 4 is 22.7 Å². The molecule has 1 aromatic carbocycles. The monoisotopic (exact) mass is 439 g/mol. The predicted molar refractivity (Wildman–Crippen MR) is 127 cm³/mol. The number of fused-ring (bicyclic) bond motifs is 2. The minimum Gasteiger partial charge on any atom is -0.353 e. The first-order valence-electron chi connectivity index (χ1n) is 12.0. The number of nitrogens with one attached hydrogen (secondary N) is 1. The molecule has 2 aliphatic heterocycles. The lowest BCUT2D eigenvalue weighted by Crippen LogP contribution is -2.49. The number of carbonyl (C=O) groups is 2. The van der Waals surface area contributed by atoms with Gasteiger partial charge in [0.15, 0.2) is 0 Å². The SMILES string of the molecule is CCN(CC)C(=O)CC[C@H]1CNC(=O)[C@@H]2[C@@H](CCN2Cc2cn(C)c3ccccc23)N1C. The molecule has 2 saturated heterocycles. The summed E-state index contributed by atoms with van der Waals surface area (Å²) in [6, 6.07) is 8.67. The first-order valence-corrected chi connectivity index (χ1v) is 12.0. The maximum atomic E-state index is 13.1. The lowest BCUT2D eigenvalue weighted by molar-refractivity contribution is -0.131. The largest absolute Gasteiger partial charge is 0.353 e. The molecular formula is C25H37N5O2. The van der Waals surface area contributed by atoms with E-state index in [0.717, 1.165) is 39.0 Å². The van der Waals surface area contributed by atoms with Crippen LogP contribution in [0, 0.1) is 0 Å². The topological polar surface area (TPSA) is 60.8 Å². The molecule has 2 aromatic rings. The summed E-state index contributed by atoms with van der Waals surface area (Å²) in [5.41, 5.74) is 2.49. The lowest BCUT2D eigenvalue weighted by atomic mass is 10.0. The Morgan fingerprint density at radius 2 is 1.94 bits per heavy atom. The lowest BCUT2D eigenvalue weighted by Gasteiger charge is -2.33. The third-order valence-corrected chi connectivity index (χ3v) is 7.51. The highest BCUT2D eigenvalue weighted by atomic mass is 16.2. The average molecular weight is 440 g/mol. The zero-order valence-electron chi connectivity index (χ0n) is 19.9. The van der Waals surface area contributed by atoms with Crippen molar-refractivity contribution in [3.05, 3.63) is 36.0 Å². The molecule has 2 amide bonds. The van der Waals surface area contributed by atoms with Gasteiger partial charge in [-0.1, -0.05) is 18.2 Å². The van der Waals surface area contributed by atoms with Crippen LogP contribution in [0.5, 0.6) is 0 Å². The van der Waals surface area contributed by atoms with Crippen LogP contribution in [0.2, 0.25) is 0 Å². The number of para-hydroxylation sites is 1. The smallest absolute Gasteiger partial charge is 0.239 e. The summed E-state index contributed by atoms with van der Waals surface area (Å²) in [5, 5.41) is 4.44. The summed E-state index contributed by atoms with van der Waals surface area (Å²) in [7, 11) is 4.21. The number of aryl methyl sites for hydroxylation is 1. The summed E-state index contributed by atoms with van der Waals surface area (Å²) in [6.07, 6.45) is 4.47. The van der Waals surface area contributed by atoms with Gasteiger partial charge in [-0.15, -0.1) is 0 Å². The van der Waals surface area contributed by atoms with Crippen LogP contribution in [0.25, 0.3) is 10.9 Å². The number of amides is 2. The van der Waals surface area contributed by atoms with E-state index in [-0.39, 0.29) is 29.9 Å². The van der Waals surface area contributed by atoms with Crippen molar-refractivity contribution in [2.45, 2.75) is 57.8 Å². The number of aromatic nitrogens is 1. The number of hydrogen-bond donors (Lipinski definition) is 1. The Kier molecular flexibility index (Phi) is 6.86. The van der Waals surface area contributed by atoms with Crippen molar-refractivity contribution in [2.24, 2.45) is 7.05 Å². The molecule has 0 saturated carbocycles. The van der Waals surface area contributed by atoms with Gasteiger partial charge in [0.1, 0.15) is 6.04 Å². The fourth-order valence-corrected chi connectivity index (χ4v) is 5.62. The second kappa shape index (κ2) is 9.63. The highest BCUT2D eigenvalue weighted by Crippen LogP contribution is 2.30. The van der Waals surface area contributed by atoms with Crippen molar-refractivity contribution < 1.29 is 9.59 Å². The molecule has 0 radical (unpaired) electrons. The Balaban J connectivity index is 1.46. The van der Waals surface area contributed by atoms with Crippen LogP contribution in [-0.4, -0.2) is 82.4 Å². The van der Waals surface area contributed by atoms with E-state index in [1.54, 1.807) is 0 Å². The minimum absolute atomic E-state index is 0.122. The van der Waals surface area contributed by atoms with E-state index in [1.165, 1.54) is 16.5 Å². The number of carbonyl (C=O) groups excluding carboxylic acids is 2. The molecule has 3 atom stereocenters. The first kappa shape index (κ1) is 22.8. The Morgan fingerprint density at radius 1 is 1.19 bits per heavy atom. The van der Waals surface area contributed by atoms with Gasteiger partial charge in [0.25, 0.3) is 0 Å². The van der Waals surface area contributed by atoms with Gasteiger partial charge in [-0.05, 0) is 45.4 Å². The molecule has 1 N–H and O–H groups in total. The van der Waals surface area contributed by atoms with Gasteiger partial charge in [-0.25, -0.2) is 0 Å². The molecule has 1 aromatic heterocycles. The molecule has 4 rings (SSSR count). The van der Waals surface area contributed by atoms with E-state index in [4.69, 9.17) is 0 Å². The molecular weight excluding hydrogens is 402 g/mol. The third-order valence-electron chi connectivity index (χ3n) is 7.51. The molecule has 174 valence electrons. The fourth-order valence-electron chi connectivity index (χ4n) is 5.62. The second-order valence-electron chi connectivity index (χ2n) is 9.22. The van der Waals surface area contributed by atoms with Crippen molar-refractivity contribution in [1.82, 2.24) is 24.6 Å². The van der Waals surface area contributed by atoms with E-state index in [1.807, 2.05) is 18.7 Å². The Hall–Kier alpha value is -2.38. The number of likely N-dealkylation sites (tertiary alicyclic amines) is 1. The Labute approximate surface area is 191 Å². The van der Waals surface area contributed by atoms with Crippen molar-refractivity contribution in [2.75, 3.05) is 33.2 Å². The molecule has 0 bridgehead atoms. The van der Waals surface area contributed by atoms with Crippen LogP contribution < -0.4 is 5.32 Å². The second-order valence-corrected chi connectivity index (χ2v) is 9.22. The summed E-state index contributed by atoms with van der Waals surface area (Å²) in [4.78, 5) is 32.2. The molecule has 7 heteroatoms. The van der Waals surface area contributed by atoms with Crippen LogP contribution in [0.1, 0.15) is 38.7 Å². The summed E-state index contributed by atoms with van der Waals surface area (Å²) < 4.78 is 2.17. The van der Waals surface area contributed by atoms with Crippen LogP contribution in [-0.2, 0) is 23.2 Å². The molecule has 0 aliphatic carbocycles. The molecule has 3 heterocycles. The van der Waals surface area contributed by atoms with Crippen LogP contribution in [0.3, 0.4) is 0 Å². The van der Waals surface area contributed by atoms with E-state index in [2.05, 4.69) is 64.2 Å². The van der Waals surface area contributed by atoms with Gasteiger partial charge < -0.3 is 14.8 Å².